The predicted molar refractivity (Wildman–Crippen MR) is 82.8 cm³/mol. The lowest BCUT2D eigenvalue weighted by Crippen LogP contribution is -1.94. The quantitative estimate of drug-likeness (QED) is 0.899. The van der Waals surface area contributed by atoms with Gasteiger partial charge in [0.1, 0.15) is 5.82 Å². The highest BCUT2D eigenvalue weighted by Crippen LogP contribution is 2.70. The summed E-state index contributed by atoms with van der Waals surface area (Å²) >= 11 is 0. The van der Waals surface area contributed by atoms with Crippen LogP contribution in [0.15, 0.2) is 18.2 Å². The standard InChI is InChI=1S/C17H22FN3/c1-5-10-8-11(6-7-12(10)18)13-14(17(13,3)4)15-9(2)20-16(19)21-15/h6-8,13-14H,5H2,1-4H3,(H3,19,20,21). The van der Waals surface area contributed by atoms with E-state index in [2.05, 4.69) is 23.8 Å². The molecule has 3 rings (SSSR count). The Labute approximate surface area is 124 Å². The normalized spacial score (nSPS) is 23.3. The number of nitrogens with two attached hydrogens (primary N) is 1. The number of benzene rings is 1. The number of anilines is 1. The van der Waals surface area contributed by atoms with Gasteiger partial charge in [0, 0.05) is 11.6 Å². The molecule has 112 valence electrons. The number of nitrogens with zero attached hydrogens (tertiary/aromatic N) is 1. The number of rotatable bonds is 3. The summed E-state index contributed by atoms with van der Waals surface area (Å²) in [4.78, 5) is 7.53. The highest BCUT2D eigenvalue weighted by Gasteiger charge is 2.60. The van der Waals surface area contributed by atoms with Crippen molar-refractivity contribution in [1.29, 1.82) is 0 Å². The fraction of sp³-hybridized carbons (Fsp3) is 0.471. The van der Waals surface area contributed by atoms with E-state index in [0.29, 0.717) is 24.2 Å². The van der Waals surface area contributed by atoms with Crippen molar-refractivity contribution in [2.24, 2.45) is 5.41 Å². The van der Waals surface area contributed by atoms with Gasteiger partial charge in [-0.2, -0.15) is 0 Å². The molecule has 1 saturated carbocycles. The highest BCUT2D eigenvalue weighted by atomic mass is 19.1. The molecule has 2 unspecified atom stereocenters. The van der Waals surface area contributed by atoms with E-state index in [-0.39, 0.29) is 11.2 Å². The smallest absolute Gasteiger partial charge is 0.197 e. The molecular formula is C17H22FN3. The summed E-state index contributed by atoms with van der Waals surface area (Å²) < 4.78 is 13.7. The lowest BCUT2D eigenvalue weighted by Gasteiger charge is -2.06. The van der Waals surface area contributed by atoms with E-state index < -0.39 is 0 Å². The second-order valence-corrected chi connectivity index (χ2v) is 6.61. The number of nitrogen functional groups attached to an aromatic ring is 1. The lowest BCUT2D eigenvalue weighted by molar-refractivity contribution is 0.593. The molecule has 3 nitrogen and oxygen atoms in total. The van der Waals surface area contributed by atoms with Gasteiger partial charge >= 0.3 is 0 Å². The Kier molecular flexibility index (Phi) is 3.08. The van der Waals surface area contributed by atoms with Gasteiger partial charge in [-0.25, -0.2) is 9.37 Å². The zero-order valence-electron chi connectivity index (χ0n) is 13.0. The number of halogens is 1. The Balaban J connectivity index is 1.98. The molecule has 1 fully saturated rings. The second-order valence-electron chi connectivity index (χ2n) is 6.61. The summed E-state index contributed by atoms with van der Waals surface area (Å²) in [5.41, 5.74) is 9.95. The molecule has 2 atom stereocenters. The monoisotopic (exact) mass is 287 g/mol. The molecule has 21 heavy (non-hydrogen) atoms. The number of aromatic amines is 1. The second kappa shape index (κ2) is 4.58. The highest BCUT2D eigenvalue weighted by molar-refractivity contribution is 5.44. The van der Waals surface area contributed by atoms with Crippen LogP contribution in [0.1, 0.15) is 55.1 Å². The molecule has 1 aromatic carbocycles. The van der Waals surface area contributed by atoms with E-state index in [9.17, 15) is 4.39 Å². The van der Waals surface area contributed by atoms with Gasteiger partial charge in [-0.3, -0.25) is 0 Å². The summed E-state index contributed by atoms with van der Waals surface area (Å²) in [5, 5.41) is 0. The van der Waals surface area contributed by atoms with E-state index >= 15 is 0 Å². The van der Waals surface area contributed by atoms with Crippen LogP contribution >= 0.6 is 0 Å². The van der Waals surface area contributed by atoms with Crippen LogP contribution in [0, 0.1) is 18.2 Å². The third-order valence-corrected chi connectivity index (χ3v) is 4.87. The fourth-order valence-electron chi connectivity index (χ4n) is 3.63. The fourth-order valence-corrected chi connectivity index (χ4v) is 3.63. The van der Waals surface area contributed by atoms with Gasteiger partial charge in [-0.1, -0.05) is 32.9 Å². The minimum atomic E-state index is -0.114. The number of hydrogen-bond acceptors (Lipinski definition) is 2. The molecule has 0 bridgehead atoms. The zero-order valence-corrected chi connectivity index (χ0v) is 13.0. The molecule has 0 aliphatic heterocycles. The van der Waals surface area contributed by atoms with E-state index in [4.69, 9.17) is 5.73 Å². The third-order valence-electron chi connectivity index (χ3n) is 4.87. The molecule has 1 aromatic heterocycles. The molecule has 2 aromatic rings. The van der Waals surface area contributed by atoms with Crippen LogP contribution in [0.2, 0.25) is 0 Å². The summed E-state index contributed by atoms with van der Waals surface area (Å²) in [6.07, 6.45) is 0.714. The lowest BCUT2D eigenvalue weighted by atomic mass is 10.00. The maximum atomic E-state index is 13.7. The first kappa shape index (κ1) is 14.1. The van der Waals surface area contributed by atoms with Crippen molar-refractivity contribution in [3.63, 3.8) is 0 Å². The molecule has 0 amide bonds. The topological polar surface area (TPSA) is 54.7 Å². The number of imidazole rings is 1. The molecule has 3 N–H and O–H groups in total. The van der Waals surface area contributed by atoms with Crippen molar-refractivity contribution in [3.8, 4) is 0 Å². The maximum Gasteiger partial charge on any atom is 0.197 e. The maximum absolute atomic E-state index is 13.7. The summed E-state index contributed by atoms with van der Waals surface area (Å²) in [5.74, 6) is 1.06. The largest absolute Gasteiger partial charge is 0.369 e. The van der Waals surface area contributed by atoms with Gasteiger partial charge in [0.25, 0.3) is 0 Å². The molecular weight excluding hydrogens is 265 g/mol. The Hall–Kier alpha value is -1.84. The third kappa shape index (κ3) is 2.13. The zero-order chi connectivity index (χ0) is 15.4. The number of aryl methyl sites for hydroxylation is 2. The SMILES string of the molecule is CCc1cc(C2C(c3nc(N)[nH]c3C)C2(C)C)ccc1F. The average Bonchev–Trinajstić information content (AvgIpc) is 2.82. The van der Waals surface area contributed by atoms with Crippen LogP contribution in [0.4, 0.5) is 10.3 Å². The van der Waals surface area contributed by atoms with Crippen molar-refractivity contribution in [2.45, 2.75) is 46.0 Å². The molecule has 0 saturated heterocycles. The number of H-pyrrole nitrogens is 1. The molecule has 0 spiro atoms. The van der Waals surface area contributed by atoms with Crippen molar-refractivity contribution < 1.29 is 4.39 Å². The predicted octanol–water partition coefficient (Wildman–Crippen LogP) is 3.91. The molecule has 4 heteroatoms. The van der Waals surface area contributed by atoms with Crippen LogP contribution in [0.25, 0.3) is 0 Å². The minimum Gasteiger partial charge on any atom is -0.369 e. The van der Waals surface area contributed by atoms with Crippen LogP contribution in [-0.2, 0) is 6.42 Å². The summed E-state index contributed by atoms with van der Waals surface area (Å²) in [6, 6.07) is 5.50. The van der Waals surface area contributed by atoms with Crippen molar-refractivity contribution >= 4 is 5.95 Å². The Bertz CT molecular complexity index is 687. The van der Waals surface area contributed by atoms with Gasteiger partial charge in [0.2, 0.25) is 0 Å². The van der Waals surface area contributed by atoms with Gasteiger partial charge in [0.15, 0.2) is 5.95 Å². The van der Waals surface area contributed by atoms with E-state index in [1.165, 1.54) is 5.56 Å². The summed E-state index contributed by atoms with van der Waals surface area (Å²) in [6.45, 7) is 8.46. The molecule has 1 heterocycles. The Morgan fingerprint density at radius 1 is 1.33 bits per heavy atom. The van der Waals surface area contributed by atoms with Gasteiger partial charge in [0.05, 0.1) is 5.69 Å². The van der Waals surface area contributed by atoms with Crippen LogP contribution in [0.3, 0.4) is 0 Å². The average molecular weight is 287 g/mol. The van der Waals surface area contributed by atoms with Crippen LogP contribution < -0.4 is 5.73 Å². The van der Waals surface area contributed by atoms with E-state index in [1.54, 1.807) is 6.07 Å². The summed E-state index contributed by atoms with van der Waals surface area (Å²) in [7, 11) is 0. The Morgan fingerprint density at radius 2 is 2.05 bits per heavy atom. The number of hydrogen-bond donors (Lipinski definition) is 2. The minimum absolute atomic E-state index is 0.114. The van der Waals surface area contributed by atoms with Crippen molar-refractivity contribution in [3.05, 3.63) is 46.5 Å². The Morgan fingerprint density at radius 3 is 2.62 bits per heavy atom. The first-order valence-electron chi connectivity index (χ1n) is 7.46. The van der Waals surface area contributed by atoms with E-state index in [1.807, 2.05) is 26.0 Å². The van der Waals surface area contributed by atoms with Crippen LogP contribution in [-0.4, -0.2) is 9.97 Å². The molecule has 1 aliphatic carbocycles. The van der Waals surface area contributed by atoms with Crippen molar-refractivity contribution in [2.75, 3.05) is 5.73 Å². The molecule has 0 radical (unpaired) electrons. The first-order chi connectivity index (χ1) is 9.86. The van der Waals surface area contributed by atoms with Crippen LogP contribution in [0.5, 0.6) is 0 Å². The molecule has 1 aliphatic rings. The van der Waals surface area contributed by atoms with E-state index in [0.717, 1.165) is 17.0 Å². The van der Waals surface area contributed by atoms with Gasteiger partial charge < -0.3 is 10.7 Å². The van der Waals surface area contributed by atoms with Gasteiger partial charge in [-0.15, -0.1) is 0 Å². The van der Waals surface area contributed by atoms with Gasteiger partial charge in [-0.05, 0) is 41.9 Å². The number of aromatic nitrogens is 2. The number of nitrogens with one attached hydrogen (secondary N) is 1. The first-order valence-corrected chi connectivity index (χ1v) is 7.46. The van der Waals surface area contributed by atoms with Crippen molar-refractivity contribution in [1.82, 2.24) is 9.97 Å².